The van der Waals surface area contributed by atoms with Crippen molar-refractivity contribution >= 4 is 22.2 Å². The summed E-state index contributed by atoms with van der Waals surface area (Å²) in [6.07, 6.45) is 0.817. The lowest BCUT2D eigenvalue weighted by atomic mass is 10.1. The molecule has 0 atom stereocenters. The van der Waals surface area contributed by atoms with E-state index in [1.165, 1.54) is 0 Å². The van der Waals surface area contributed by atoms with E-state index >= 15 is 0 Å². The van der Waals surface area contributed by atoms with Gasteiger partial charge in [-0.1, -0.05) is 28.1 Å². The van der Waals surface area contributed by atoms with Crippen LogP contribution in [0.4, 0.5) is 0 Å². The highest BCUT2D eigenvalue weighted by Crippen LogP contribution is 2.21. The van der Waals surface area contributed by atoms with Gasteiger partial charge in [0, 0.05) is 15.6 Å². The van der Waals surface area contributed by atoms with Gasteiger partial charge in [0.25, 0.3) is 0 Å². The molecule has 0 aliphatic carbocycles. The molecule has 0 aromatic heterocycles. The quantitative estimate of drug-likeness (QED) is 0.749. The molecule has 4 heteroatoms. The molecular weight excluding hydrogens is 320 g/mol. The first-order valence-corrected chi connectivity index (χ1v) is 6.96. The molecule has 2 aromatic carbocycles. The van der Waals surface area contributed by atoms with E-state index in [4.69, 9.17) is 9.47 Å². The summed E-state index contributed by atoms with van der Waals surface area (Å²) in [6.45, 7) is 0.919. The number of ether oxygens (including phenoxy) is 2. The number of carbonyl (C=O) groups excluding carboxylic acids is 1. The maximum atomic E-state index is 10.8. The summed E-state index contributed by atoms with van der Waals surface area (Å²) < 4.78 is 12.0. The monoisotopic (exact) mass is 334 g/mol. The van der Waals surface area contributed by atoms with Gasteiger partial charge in [-0.25, -0.2) is 0 Å². The Labute approximate surface area is 126 Å². The molecule has 0 spiro atoms. The number of aldehydes is 1. The second kappa shape index (κ2) is 7.22. The lowest BCUT2D eigenvalue weighted by Gasteiger charge is -2.10. The number of hydrogen-bond acceptors (Lipinski definition) is 3. The van der Waals surface area contributed by atoms with Crippen molar-refractivity contribution in [3.63, 3.8) is 0 Å². The highest BCUT2D eigenvalue weighted by atomic mass is 79.9. The van der Waals surface area contributed by atoms with E-state index in [0.717, 1.165) is 27.6 Å². The molecule has 0 unspecified atom stereocenters. The van der Waals surface area contributed by atoms with E-state index in [-0.39, 0.29) is 0 Å². The van der Waals surface area contributed by atoms with E-state index in [9.17, 15) is 4.79 Å². The average molecular weight is 335 g/mol. The Kier molecular flexibility index (Phi) is 5.32. The van der Waals surface area contributed by atoms with Crippen LogP contribution in [0.15, 0.2) is 46.9 Å². The molecular formula is C16H15BrO3. The molecule has 2 rings (SSSR count). The smallest absolute Gasteiger partial charge is 0.150 e. The summed E-state index contributed by atoms with van der Waals surface area (Å²) in [5.74, 6) is 0.728. The van der Waals surface area contributed by atoms with Gasteiger partial charge in [0.2, 0.25) is 0 Å². The zero-order valence-corrected chi connectivity index (χ0v) is 12.7. The standard InChI is InChI=1S/C16H15BrO3/c1-19-16-7-4-13(9-18)8-14(16)11-20-10-12-2-5-15(17)6-3-12/h2-9H,10-11H2,1H3. The van der Waals surface area contributed by atoms with Crippen LogP contribution in [0.5, 0.6) is 5.75 Å². The van der Waals surface area contributed by atoms with Crippen molar-refractivity contribution < 1.29 is 14.3 Å². The fourth-order valence-electron chi connectivity index (χ4n) is 1.84. The Bertz CT molecular complexity index is 579. The zero-order valence-electron chi connectivity index (χ0n) is 11.1. The highest BCUT2D eigenvalue weighted by molar-refractivity contribution is 9.10. The molecule has 0 N–H and O–H groups in total. The maximum Gasteiger partial charge on any atom is 0.150 e. The summed E-state index contributed by atoms with van der Waals surface area (Å²) in [6, 6.07) is 13.3. The number of rotatable bonds is 6. The zero-order chi connectivity index (χ0) is 14.4. The van der Waals surface area contributed by atoms with E-state index in [1.54, 1.807) is 25.3 Å². The van der Waals surface area contributed by atoms with Crippen LogP contribution < -0.4 is 4.74 Å². The normalized spacial score (nSPS) is 10.3. The predicted octanol–water partition coefficient (Wildman–Crippen LogP) is 3.99. The Morgan fingerprint density at radius 1 is 1.10 bits per heavy atom. The van der Waals surface area contributed by atoms with Crippen LogP contribution in [0, 0.1) is 0 Å². The van der Waals surface area contributed by atoms with Crippen LogP contribution in [0.1, 0.15) is 21.5 Å². The molecule has 104 valence electrons. The number of carbonyl (C=O) groups is 1. The number of methoxy groups -OCH3 is 1. The van der Waals surface area contributed by atoms with Crippen LogP contribution in [0.25, 0.3) is 0 Å². The van der Waals surface area contributed by atoms with Crippen molar-refractivity contribution in [1.82, 2.24) is 0 Å². The lowest BCUT2D eigenvalue weighted by molar-refractivity contribution is 0.105. The third-order valence-corrected chi connectivity index (χ3v) is 3.41. The van der Waals surface area contributed by atoms with Crippen molar-refractivity contribution in [1.29, 1.82) is 0 Å². The van der Waals surface area contributed by atoms with Crippen LogP contribution >= 0.6 is 15.9 Å². The predicted molar refractivity (Wildman–Crippen MR) is 81.0 cm³/mol. The molecule has 0 amide bonds. The fraction of sp³-hybridized carbons (Fsp3) is 0.188. The van der Waals surface area contributed by atoms with E-state index < -0.39 is 0 Å². The molecule has 0 fully saturated rings. The van der Waals surface area contributed by atoms with Crippen molar-refractivity contribution in [3.05, 3.63) is 63.6 Å². The van der Waals surface area contributed by atoms with Crippen molar-refractivity contribution in [3.8, 4) is 5.75 Å². The summed E-state index contributed by atoms with van der Waals surface area (Å²) in [4.78, 5) is 10.8. The van der Waals surface area contributed by atoms with Crippen LogP contribution in [0.2, 0.25) is 0 Å². The Balaban J connectivity index is 1.99. The largest absolute Gasteiger partial charge is 0.496 e. The SMILES string of the molecule is COc1ccc(C=O)cc1COCc1ccc(Br)cc1. The first-order valence-electron chi connectivity index (χ1n) is 6.17. The second-order valence-electron chi connectivity index (χ2n) is 4.31. The molecule has 0 aliphatic rings. The van der Waals surface area contributed by atoms with Crippen LogP contribution in [-0.2, 0) is 18.0 Å². The third-order valence-electron chi connectivity index (χ3n) is 2.88. The Hall–Kier alpha value is -1.65. The van der Waals surface area contributed by atoms with Gasteiger partial charge in [-0.3, -0.25) is 4.79 Å². The van der Waals surface area contributed by atoms with Gasteiger partial charge in [0.05, 0.1) is 20.3 Å². The first kappa shape index (κ1) is 14.8. The van der Waals surface area contributed by atoms with Gasteiger partial charge in [0.15, 0.2) is 0 Å². The first-order chi connectivity index (χ1) is 9.72. The van der Waals surface area contributed by atoms with Crippen LogP contribution in [0.3, 0.4) is 0 Å². The van der Waals surface area contributed by atoms with E-state index in [0.29, 0.717) is 18.8 Å². The van der Waals surface area contributed by atoms with Gasteiger partial charge in [0.1, 0.15) is 12.0 Å². The summed E-state index contributed by atoms with van der Waals surface area (Å²) in [7, 11) is 1.61. The minimum absolute atomic E-state index is 0.404. The fourth-order valence-corrected chi connectivity index (χ4v) is 2.11. The third kappa shape index (κ3) is 3.92. The summed E-state index contributed by atoms with van der Waals surface area (Å²) in [5, 5.41) is 0. The topological polar surface area (TPSA) is 35.5 Å². The number of benzene rings is 2. The molecule has 3 nitrogen and oxygen atoms in total. The molecule has 0 aliphatic heterocycles. The molecule has 2 aromatic rings. The van der Waals surface area contributed by atoms with Gasteiger partial charge in [-0.2, -0.15) is 0 Å². The average Bonchev–Trinajstić information content (AvgIpc) is 2.49. The van der Waals surface area contributed by atoms with Gasteiger partial charge < -0.3 is 9.47 Å². The highest BCUT2D eigenvalue weighted by Gasteiger charge is 2.05. The molecule has 0 bridgehead atoms. The molecule has 0 saturated heterocycles. The van der Waals surface area contributed by atoms with Crippen molar-refractivity contribution in [2.45, 2.75) is 13.2 Å². The second-order valence-corrected chi connectivity index (χ2v) is 5.22. The number of hydrogen-bond donors (Lipinski definition) is 0. The van der Waals surface area contributed by atoms with Gasteiger partial charge in [-0.15, -0.1) is 0 Å². The molecule has 0 heterocycles. The van der Waals surface area contributed by atoms with Crippen molar-refractivity contribution in [2.24, 2.45) is 0 Å². The maximum absolute atomic E-state index is 10.8. The summed E-state index contributed by atoms with van der Waals surface area (Å²) in [5.41, 5.74) is 2.58. The van der Waals surface area contributed by atoms with Crippen molar-refractivity contribution in [2.75, 3.05) is 7.11 Å². The van der Waals surface area contributed by atoms with Gasteiger partial charge >= 0.3 is 0 Å². The number of halogens is 1. The van der Waals surface area contributed by atoms with Gasteiger partial charge in [-0.05, 0) is 35.9 Å². The molecule has 0 radical (unpaired) electrons. The van der Waals surface area contributed by atoms with Crippen LogP contribution in [-0.4, -0.2) is 13.4 Å². The molecule has 0 saturated carbocycles. The lowest BCUT2D eigenvalue weighted by Crippen LogP contribution is -1.98. The van der Waals surface area contributed by atoms with E-state index in [1.807, 2.05) is 24.3 Å². The summed E-state index contributed by atoms with van der Waals surface area (Å²) >= 11 is 3.39. The molecule has 20 heavy (non-hydrogen) atoms. The minimum atomic E-state index is 0.404. The Morgan fingerprint density at radius 3 is 2.50 bits per heavy atom. The minimum Gasteiger partial charge on any atom is -0.496 e. The Morgan fingerprint density at radius 2 is 1.85 bits per heavy atom. The van der Waals surface area contributed by atoms with E-state index in [2.05, 4.69) is 15.9 Å².